The van der Waals surface area contributed by atoms with Crippen LogP contribution in [0.25, 0.3) is 0 Å². The molecular formula is C54H61NO6S2. The molecule has 1 aliphatic heterocycles. The summed E-state index contributed by atoms with van der Waals surface area (Å²) in [6, 6.07) is 62.2. The number of nitrogens with one attached hydrogen (secondary N) is 1. The van der Waals surface area contributed by atoms with E-state index < -0.39 is 21.4 Å². The number of hydrogen-bond acceptors (Lipinski definition) is 6. The summed E-state index contributed by atoms with van der Waals surface area (Å²) in [6.07, 6.45) is 4.48. The first-order valence-corrected chi connectivity index (χ1v) is 23.2. The van der Waals surface area contributed by atoms with E-state index in [0.717, 1.165) is 29.9 Å². The molecule has 0 aromatic heterocycles. The number of aliphatic carboxylic acids is 2. The maximum Gasteiger partial charge on any atom is 0.304 e. The fourth-order valence-corrected chi connectivity index (χ4v) is 10.3. The number of ether oxygens (including phenoxy) is 1. The highest BCUT2D eigenvalue weighted by Crippen LogP contribution is 2.49. The number of carbonyl (C=O) groups excluding carboxylic acids is 1. The Hall–Kier alpha value is -5.61. The Kier molecular flexibility index (Phi) is 21.8. The van der Waals surface area contributed by atoms with Crippen LogP contribution in [0.3, 0.4) is 0 Å². The van der Waals surface area contributed by atoms with E-state index in [2.05, 4.69) is 115 Å². The van der Waals surface area contributed by atoms with Crippen molar-refractivity contribution in [2.75, 3.05) is 31.3 Å². The molecule has 7 rings (SSSR count). The first-order chi connectivity index (χ1) is 30.4. The van der Waals surface area contributed by atoms with Crippen molar-refractivity contribution >= 4 is 41.4 Å². The quantitative estimate of drug-likeness (QED) is 0.0545. The van der Waals surface area contributed by atoms with Gasteiger partial charge in [-0.2, -0.15) is 0 Å². The number of thioether (sulfide) groups is 2. The molecular weight excluding hydrogens is 823 g/mol. The maximum atomic E-state index is 12.4. The minimum Gasteiger partial charge on any atom is -0.481 e. The van der Waals surface area contributed by atoms with Gasteiger partial charge in [0.15, 0.2) is 0 Å². The van der Waals surface area contributed by atoms with E-state index >= 15 is 0 Å². The van der Waals surface area contributed by atoms with Crippen molar-refractivity contribution in [3.05, 3.63) is 215 Å². The number of amides is 1. The predicted octanol–water partition coefficient (Wildman–Crippen LogP) is 12.1. The zero-order valence-electron chi connectivity index (χ0n) is 35.1. The lowest BCUT2D eigenvalue weighted by Gasteiger charge is -2.35. The molecule has 1 aliphatic rings. The van der Waals surface area contributed by atoms with Crippen molar-refractivity contribution in [3.8, 4) is 0 Å². The maximum absolute atomic E-state index is 12.4. The van der Waals surface area contributed by atoms with Crippen LogP contribution in [0.1, 0.15) is 85.8 Å². The lowest BCUT2D eigenvalue weighted by atomic mass is 9.84. The molecule has 330 valence electrons. The van der Waals surface area contributed by atoms with Gasteiger partial charge >= 0.3 is 11.9 Å². The van der Waals surface area contributed by atoms with E-state index in [0.29, 0.717) is 37.3 Å². The normalized spacial score (nSPS) is 12.0. The summed E-state index contributed by atoms with van der Waals surface area (Å²) in [5.74, 6) is -0.383. The zero-order chi connectivity index (χ0) is 43.7. The summed E-state index contributed by atoms with van der Waals surface area (Å²) >= 11 is 3.44. The Morgan fingerprint density at radius 2 is 0.762 bits per heavy atom. The highest BCUT2D eigenvalue weighted by Gasteiger charge is 2.38. The fraction of sp³-hybridized carbons (Fsp3) is 0.278. The van der Waals surface area contributed by atoms with E-state index in [-0.39, 0.29) is 26.2 Å². The van der Waals surface area contributed by atoms with Crippen molar-refractivity contribution in [2.24, 2.45) is 0 Å². The molecule has 0 unspecified atom stereocenters. The molecule has 0 bridgehead atoms. The van der Waals surface area contributed by atoms with Crippen molar-refractivity contribution in [1.29, 1.82) is 0 Å². The second kappa shape index (κ2) is 27.4. The standard InChI is InChI=1S/C27H29NO3S.C22H20O2S.C4H8O.CH4/c29-25(28-20-11-10-18-26(30)31)19-21-32-27(22-12-4-1-5-13-22,23-14-6-2-7-15-23)24-16-8-3-9-17-24;23-21(24)16-17-25-22(18-10-4-1-5-11-18,19-12-6-2-7-13-19)20-14-8-3-9-15-20;1-2-4-5-3-1;/h1-9,12-17H,10-11,18-21H2,(H,28,29)(H,30,31);1-15H,16-17H2,(H,23,24);1-4H2;1H4. The van der Waals surface area contributed by atoms with Gasteiger partial charge in [0.25, 0.3) is 0 Å². The number of carbonyl (C=O) groups is 3. The molecule has 0 saturated carbocycles. The number of rotatable bonds is 19. The van der Waals surface area contributed by atoms with Gasteiger partial charge < -0.3 is 20.3 Å². The third kappa shape index (κ3) is 15.0. The van der Waals surface area contributed by atoms with Crippen LogP contribution in [0.2, 0.25) is 0 Å². The van der Waals surface area contributed by atoms with Gasteiger partial charge in [-0.15, -0.1) is 23.5 Å². The van der Waals surface area contributed by atoms with Crippen LogP contribution in [0, 0.1) is 0 Å². The van der Waals surface area contributed by atoms with Crippen molar-refractivity contribution in [1.82, 2.24) is 5.32 Å². The van der Waals surface area contributed by atoms with Gasteiger partial charge in [0.1, 0.15) is 0 Å². The molecule has 0 radical (unpaired) electrons. The fourth-order valence-electron chi connectivity index (χ4n) is 7.35. The van der Waals surface area contributed by atoms with Crippen LogP contribution in [0.4, 0.5) is 0 Å². The smallest absolute Gasteiger partial charge is 0.304 e. The van der Waals surface area contributed by atoms with Crippen LogP contribution in [-0.4, -0.2) is 59.3 Å². The Morgan fingerprint density at radius 3 is 1.03 bits per heavy atom. The first kappa shape index (κ1) is 50.0. The summed E-state index contributed by atoms with van der Waals surface area (Å²) in [4.78, 5) is 34.1. The molecule has 1 saturated heterocycles. The molecule has 63 heavy (non-hydrogen) atoms. The Bertz CT molecular complexity index is 1970. The molecule has 6 aromatic carbocycles. The summed E-state index contributed by atoms with van der Waals surface area (Å²) in [7, 11) is 0. The summed E-state index contributed by atoms with van der Waals surface area (Å²) < 4.78 is 4.09. The van der Waals surface area contributed by atoms with Gasteiger partial charge in [0.05, 0.1) is 15.9 Å². The molecule has 0 spiro atoms. The Balaban J connectivity index is 0.000000250. The minimum atomic E-state index is -0.799. The van der Waals surface area contributed by atoms with E-state index in [4.69, 9.17) is 14.9 Å². The largest absolute Gasteiger partial charge is 0.481 e. The SMILES string of the molecule is C.C1CCOC1.O=C(O)CCCCNC(=O)CCSC(c1ccccc1)(c1ccccc1)c1ccccc1.O=C(O)CCSC(c1ccccc1)(c1ccccc1)c1ccccc1. The van der Waals surface area contributed by atoms with Gasteiger partial charge in [0.2, 0.25) is 5.91 Å². The molecule has 3 N–H and O–H groups in total. The van der Waals surface area contributed by atoms with Crippen molar-refractivity contribution < 1.29 is 29.3 Å². The average molecular weight is 884 g/mol. The van der Waals surface area contributed by atoms with E-state index in [1.807, 2.05) is 72.8 Å². The van der Waals surface area contributed by atoms with Crippen LogP contribution in [-0.2, 0) is 28.6 Å². The number of carboxylic acids is 2. The topological polar surface area (TPSA) is 113 Å². The summed E-state index contributed by atoms with van der Waals surface area (Å²) in [6.45, 7) is 2.51. The lowest BCUT2D eigenvalue weighted by molar-refractivity contribution is -0.137. The van der Waals surface area contributed by atoms with Crippen LogP contribution in [0.5, 0.6) is 0 Å². The van der Waals surface area contributed by atoms with Crippen LogP contribution < -0.4 is 5.32 Å². The van der Waals surface area contributed by atoms with E-state index in [1.165, 1.54) is 29.5 Å². The highest BCUT2D eigenvalue weighted by atomic mass is 32.2. The number of hydrogen-bond donors (Lipinski definition) is 3. The van der Waals surface area contributed by atoms with E-state index in [9.17, 15) is 14.4 Å². The minimum absolute atomic E-state index is 0. The average Bonchev–Trinajstić information content (AvgIpc) is 3.92. The van der Waals surface area contributed by atoms with Crippen LogP contribution >= 0.6 is 23.5 Å². The molecule has 0 atom stereocenters. The summed E-state index contributed by atoms with van der Waals surface area (Å²) in [5.41, 5.74) is 7.00. The van der Waals surface area contributed by atoms with Gasteiger partial charge in [-0.05, 0) is 59.1 Å². The van der Waals surface area contributed by atoms with Crippen molar-refractivity contribution in [3.63, 3.8) is 0 Å². The van der Waals surface area contributed by atoms with Gasteiger partial charge in [-0.3, -0.25) is 14.4 Å². The van der Waals surface area contributed by atoms with Gasteiger partial charge in [0, 0.05) is 44.1 Å². The summed E-state index contributed by atoms with van der Waals surface area (Å²) in [5, 5.41) is 20.7. The van der Waals surface area contributed by atoms with Crippen molar-refractivity contribution in [2.45, 2.75) is 61.9 Å². The van der Waals surface area contributed by atoms with Crippen LogP contribution in [0.15, 0.2) is 182 Å². The lowest BCUT2D eigenvalue weighted by Crippen LogP contribution is -2.28. The molecule has 9 heteroatoms. The second-order valence-corrected chi connectivity index (χ2v) is 17.3. The van der Waals surface area contributed by atoms with Gasteiger partial charge in [-0.25, -0.2) is 0 Å². The molecule has 6 aromatic rings. The van der Waals surface area contributed by atoms with E-state index in [1.54, 1.807) is 23.5 Å². The number of benzene rings is 6. The monoisotopic (exact) mass is 883 g/mol. The zero-order valence-corrected chi connectivity index (χ0v) is 36.8. The first-order valence-electron chi connectivity index (χ1n) is 21.3. The molecule has 1 fully saturated rings. The molecule has 1 heterocycles. The molecule has 0 aliphatic carbocycles. The molecule has 1 amide bonds. The third-order valence-corrected chi connectivity index (χ3v) is 13.4. The van der Waals surface area contributed by atoms with Gasteiger partial charge in [-0.1, -0.05) is 189 Å². The Morgan fingerprint density at radius 1 is 0.460 bits per heavy atom. The second-order valence-electron chi connectivity index (χ2n) is 14.7. The number of carboxylic acid groups (broad SMARTS) is 2. The molecule has 7 nitrogen and oxygen atoms in total. The predicted molar refractivity (Wildman–Crippen MR) is 261 cm³/mol. The highest BCUT2D eigenvalue weighted by molar-refractivity contribution is 8.00. The third-order valence-electron chi connectivity index (χ3n) is 10.3. The number of unbranched alkanes of at least 4 members (excludes halogenated alkanes) is 1. The Labute approximate surface area is 382 Å².